The second-order valence-electron chi connectivity index (χ2n) is 5.70. The Bertz CT molecular complexity index is 643. The van der Waals surface area contributed by atoms with Gasteiger partial charge in [-0.2, -0.15) is 0 Å². The molecule has 1 atom stereocenters. The number of thiazole rings is 1. The van der Waals surface area contributed by atoms with E-state index in [1.165, 1.54) is 11.3 Å². The molecule has 2 aromatic rings. The molecule has 22 heavy (non-hydrogen) atoms. The summed E-state index contributed by atoms with van der Waals surface area (Å²) < 4.78 is 0. The SMILES string of the molecule is CN(C)Cc1cncc([C@H]2CCCN2C(=O)c2cncs2)n1. The molecule has 7 heteroatoms. The van der Waals surface area contributed by atoms with Crippen LogP contribution in [0.2, 0.25) is 0 Å². The lowest BCUT2D eigenvalue weighted by Crippen LogP contribution is -2.30. The molecule has 2 aromatic heterocycles. The molecule has 3 rings (SSSR count). The number of carbonyl (C=O) groups excluding carboxylic acids is 1. The van der Waals surface area contributed by atoms with Gasteiger partial charge >= 0.3 is 0 Å². The third kappa shape index (κ3) is 3.15. The highest BCUT2D eigenvalue weighted by atomic mass is 32.1. The van der Waals surface area contributed by atoms with Crippen molar-refractivity contribution in [1.82, 2.24) is 24.8 Å². The minimum absolute atomic E-state index is 0.0178. The molecule has 0 N–H and O–H groups in total. The van der Waals surface area contributed by atoms with Crippen LogP contribution >= 0.6 is 11.3 Å². The van der Waals surface area contributed by atoms with Crippen molar-refractivity contribution >= 4 is 17.2 Å². The van der Waals surface area contributed by atoms with Crippen LogP contribution in [0.3, 0.4) is 0 Å². The number of rotatable bonds is 4. The maximum absolute atomic E-state index is 12.6. The Morgan fingerprint density at radius 3 is 2.95 bits per heavy atom. The lowest BCUT2D eigenvalue weighted by molar-refractivity contribution is 0.0737. The summed E-state index contributed by atoms with van der Waals surface area (Å²) in [5, 5.41) is 0. The zero-order valence-electron chi connectivity index (χ0n) is 12.8. The molecule has 0 spiro atoms. The van der Waals surface area contributed by atoms with Gasteiger partial charge in [-0.25, -0.2) is 0 Å². The fourth-order valence-corrected chi connectivity index (χ4v) is 3.34. The van der Waals surface area contributed by atoms with Gasteiger partial charge < -0.3 is 9.80 Å². The Hall–Kier alpha value is -1.86. The van der Waals surface area contributed by atoms with E-state index in [9.17, 15) is 4.79 Å². The quantitative estimate of drug-likeness (QED) is 0.863. The number of likely N-dealkylation sites (tertiary alicyclic amines) is 1. The van der Waals surface area contributed by atoms with Gasteiger partial charge in [0.15, 0.2) is 0 Å². The predicted octanol–water partition coefficient (Wildman–Crippen LogP) is 1.97. The van der Waals surface area contributed by atoms with Crippen LogP contribution in [-0.4, -0.2) is 51.3 Å². The maximum Gasteiger partial charge on any atom is 0.266 e. The van der Waals surface area contributed by atoms with Crippen molar-refractivity contribution in [2.24, 2.45) is 0 Å². The molecule has 0 radical (unpaired) electrons. The summed E-state index contributed by atoms with van der Waals surface area (Å²) >= 11 is 1.38. The minimum Gasteiger partial charge on any atom is -0.329 e. The van der Waals surface area contributed by atoms with Crippen molar-refractivity contribution in [1.29, 1.82) is 0 Å². The molecular formula is C15H19N5OS. The summed E-state index contributed by atoms with van der Waals surface area (Å²) in [5.74, 6) is 0.0461. The molecule has 3 heterocycles. The Morgan fingerprint density at radius 1 is 1.36 bits per heavy atom. The molecular weight excluding hydrogens is 298 g/mol. The fraction of sp³-hybridized carbons (Fsp3) is 0.467. The van der Waals surface area contributed by atoms with E-state index in [-0.39, 0.29) is 11.9 Å². The second-order valence-corrected chi connectivity index (χ2v) is 6.58. The molecule has 1 saturated heterocycles. The highest BCUT2D eigenvalue weighted by molar-refractivity contribution is 7.11. The first-order valence-electron chi connectivity index (χ1n) is 7.30. The van der Waals surface area contributed by atoms with E-state index in [1.807, 2.05) is 19.0 Å². The first-order chi connectivity index (χ1) is 10.6. The van der Waals surface area contributed by atoms with Crippen molar-refractivity contribution < 1.29 is 4.79 Å². The van der Waals surface area contributed by atoms with Crippen molar-refractivity contribution in [2.75, 3.05) is 20.6 Å². The van der Waals surface area contributed by atoms with Crippen LogP contribution in [0.5, 0.6) is 0 Å². The smallest absolute Gasteiger partial charge is 0.266 e. The number of aromatic nitrogens is 3. The molecule has 0 bridgehead atoms. The van der Waals surface area contributed by atoms with Gasteiger partial charge in [0.1, 0.15) is 4.88 Å². The van der Waals surface area contributed by atoms with Gasteiger partial charge in [0, 0.05) is 19.3 Å². The average molecular weight is 317 g/mol. The van der Waals surface area contributed by atoms with E-state index in [0.717, 1.165) is 37.3 Å². The Balaban J connectivity index is 1.82. The Morgan fingerprint density at radius 2 is 2.23 bits per heavy atom. The first kappa shape index (κ1) is 15.1. The topological polar surface area (TPSA) is 62.2 Å². The van der Waals surface area contributed by atoms with Gasteiger partial charge in [0.05, 0.1) is 35.3 Å². The summed E-state index contributed by atoms with van der Waals surface area (Å²) in [7, 11) is 4.01. The molecule has 1 aliphatic rings. The third-order valence-corrected chi connectivity index (χ3v) is 4.44. The highest BCUT2D eigenvalue weighted by Crippen LogP contribution is 2.32. The first-order valence-corrected chi connectivity index (χ1v) is 8.18. The predicted molar refractivity (Wildman–Crippen MR) is 84.5 cm³/mol. The maximum atomic E-state index is 12.6. The molecule has 0 aliphatic carbocycles. The van der Waals surface area contributed by atoms with Gasteiger partial charge in [-0.15, -0.1) is 11.3 Å². The van der Waals surface area contributed by atoms with Crippen LogP contribution in [0.25, 0.3) is 0 Å². The molecule has 1 fully saturated rings. The molecule has 1 amide bonds. The van der Waals surface area contributed by atoms with Gasteiger partial charge in [-0.1, -0.05) is 0 Å². The molecule has 0 aromatic carbocycles. The van der Waals surface area contributed by atoms with E-state index >= 15 is 0 Å². The summed E-state index contributed by atoms with van der Waals surface area (Å²) in [6, 6.07) is 0.0178. The summed E-state index contributed by atoms with van der Waals surface area (Å²) in [6.07, 6.45) is 7.13. The van der Waals surface area contributed by atoms with Crippen molar-refractivity contribution in [3.63, 3.8) is 0 Å². The molecule has 0 unspecified atom stereocenters. The largest absolute Gasteiger partial charge is 0.329 e. The molecule has 1 aliphatic heterocycles. The van der Waals surface area contributed by atoms with Crippen LogP contribution in [-0.2, 0) is 6.54 Å². The monoisotopic (exact) mass is 317 g/mol. The van der Waals surface area contributed by atoms with Crippen LogP contribution < -0.4 is 0 Å². The van der Waals surface area contributed by atoms with Crippen LogP contribution in [0.15, 0.2) is 24.1 Å². The average Bonchev–Trinajstić information content (AvgIpc) is 3.18. The van der Waals surface area contributed by atoms with E-state index in [1.54, 1.807) is 24.1 Å². The van der Waals surface area contributed by atoms with E-state index in [0.29, 0.717) is 4.88 Å². The second kappa shape index (κ2) is 6.50. The lowest BCUT2D eigenvalue weighted by atomic mass is 10.1. The standard InChI is InChI=1S/C15H19N5OS/c1-19(2)9-11-6-16-7-12(18-11)13-4-3-5-20(13)15(21)14-8-17-10-22-14/h6-8,10,13H,3-5,9H2,1-2H3/t13-/m1/s1. The van der Waals surface area contributed by atoms with Gasteiger partial charge in [0.2, 0.25) is 0 Å². The number of hydrogen-bond acceptors (Lipinski definition) is 6. The summed E-state index contributed by atoms with van der Waals surface area (Å²) in [6.45, 7) is 1.51. The van der Waals surface area contributed by atoms with Crippen molar-refractivity contribution in [3.05, 3.63) is 40.4 Å². The third-order valence-electron chi connectivity index (χ3n) is 3.68. The van der Waals surface area contributed by atoms with Gasteiger partial charge in [-0.05, 0) is 26.9 Å². The number of carbonyl (C=O) groups is 1. The number of hydrogen-bond donors (Lipinski definition) is 0. The van der Waals surface area contributed by atoms with Crippen molar-refractivity contribution in [2.45, 2.75) is 25.4 Å². The lowest BCUT2D eigenvalue weighted by Gasteiger charge is -2.24. The van der Waals surface area contributed by atoms with E-state index < -0.39 is 0 Å². The van der Waals surface area contributed by atoms with Crippen LogP contribution in [0, 0.1) is 0 Å². The summed E-state index contributed by atoms with van der Waals surface area (Å²) in [4.78, 5) is 30.2. The highest BCUT2D eigenvalue weighted by Gasteiger charge is 2.32. The van der Waals surface area contributed by atoms with Gasteiger partial charge in [0.25, 0.3) is 5.91 Å². The molecule has 6 nitrogen and oxygen atoms in total. The molecule has 0 saturated carbocycles. The zero-order valence-corrected chi connectivity index (χ0v) is 13.6. The molecule has 116 valence electrons. The van der Waals surface area contributed by atoms with Gasteiger partial charge in [-0.3, -0.25) is 19.7 Å². The number of nitrogens with zero attached hydrogens (tertiary/aromatic N) is 5. The van der Waals surface area contributed by atoms with Crippen LogP contribution in [0.1, 0.15) is 39.9 Å². The Labute approximate surface area is 133 Å². The van der Waals surface area contributed by atoms with Crippen molar-refractivity contribution in [3.8, 4) is 0 Å². The minimum atomic E-state index is 0.0178. The van der Waals surface area contributed by atoms with E-state index in [4.69, 9.17) is 4.98 Å². The Kier molecular flexibility index (Phi) is 4.44. The normalized spacial score (nSPS) is 18.1. The van der Waals surface area contributed by atoms with E-state index in [2.05, 4.69) is 14.9 Å². The van der Waals surface area contributed by atoms with Crippen LogP contribution in [0.4, 0.5) is 0 Å². The fourth-order valence-electron chi connectivity index (χ4n) is 2.76. The number of amides is 1. The zero-order chi connectivity index (χ0) is 15.5. The summed E-state index contributed by atoms with van der Waals surface area (Å²) in [5.41, 5.74) is 3.50.